The monoisotopic (exact) mass is 369 g/mol. The molecule has 0 amide bonds. The number of carboxylic acids is 1. The van der Waals surface area contributed by atoms with Gasteiger partial charge in [-0.05, 0) is 19.9 Å². The Morgan fingerprint density at radius 1 is 1.23 bits per heavy atom. The van der Waals surface area contributed by atoms with E-state index in [1.165, 1.54) is 12.1 Å². The molecule has 0 spiro atoms. The normalized spacial score (nSPS) is 11.1. The predicted octanol–water partition coefficient (Wildman–Crippen LogP) is -0.721. The minimum absolute atomic E-state index is 0.0534. The van der Waals surface area contributed by atoms with Crippen molar-refractivity contribution in [2.24, 2.45) is 5.73 Å². The number of carbonyl (C=O) groups is 1. The number of rotatable bonds is 5. The number of hydrogen-bond acceptors (Lipinski definition) is 8. The molecule has 0 saturated carbocycles. The number of fused-ring (bicyclic) bond motifs is 1. The maximum Gasteiger partial charge on any atom is 0.348 e. The van der Waals surface area contributed by atoms with Crippen molar-refractivity contribution in [1.82, 2.24) is 9.55 Å². The summed E-state index contributed by atoms with van der Waals surface area (Å²) in [5.41, 5.74) is 4.57. The van der Waals surface area contributed by atoms with Crippen LogP contribution in [0.2, 0.25) is 0 Å². The van der Waals surface area contributed by atoms with E-state index < -0.39 is 17.2 Å². The third kappa shape index (κ3) is 5.41. The first kappa shape index (κ1) is 21.4. The molecule has 0 saturated heterocycles. The van der Waals surface area contributed by atoms with E-state index in [-0.39, 0.29) is 37.7 Å². The second-order valence-corrected chi connectivity index (χ2v) is 6.10. The van der Waals surface area contributed by atoms with Gasteiger partial charge in [0.25, 0.3) is 0 Å². The van der Waals surface area contributed by atoms with Gasteiger partial charge in [-0.15, -0.1) is 0 Å². The van der Waals surface area contributed by atoms with Crippen LogP contribution in [0.4, 0.5) is 0 Å². The largest absolute Gasteiger partial charge is 0.504 e. The molecule has 0 fully saturated rings. The maximum atomic E-state index is 11.8. The van der Waals surface area contributed by atoms with Crippen LogP contribution in [0.25, 0.3) is 10.9 Å². The molecule has 0 bridgehead atoms. The van der Waals surface area contributed by atoms with E-state index in [9.17, 15) is 19.8 Å². The highest BCUT2D eigenvalue weighted by molar-refractivity contribution is 5.84. The molecule has 1 aromatic carbocycles. The fourth-order valence-corrected chi connectivity index (χ4v) is 1.92. The van der Waals surface area contributed by atoms with Gasteiger partial charge in [-0.25, -0.2) is 4.79 Å². The van der Waals surface area contributed by atoms with Gasteiger partial charge in [0.15, 0.2) is 11.5 Å². The molecule has 0 aliphatic rings. The Hall–Kier alpha value is -2.69. The Morgan fingerprint density at radius 2 is 1.77 bits per heavy atom. The third-order valence-corrected chi connectivity index (χ3v) is 3.54. The molecule has 1 aromatic heterocycles. The van der Waals surface area contributed by atoms with E-state index in [1.54, 1.807) is 13.8 Å². The van der Waals surface area contributed by atoms with Gasteiger partial charge >= 0.3 is 11.7 Å². The summed E-state index contributed by atoms with van der Waals surface area (Å²) < 4.78 is 1.16. The summed E-state index contributed by atoms with van der Waals surface area (Å²) in [6.45, 7) is 2.77. The highest BCUT2D eigenvalue weighted by Crippen LogP contribution is 2.30. The van der Waals surface area contributed by atoms with Crippen LogP contribution in [0.5, 0.6) is 11.5 Å². The number of carboxylic acid groups (broad SMARTS) is 1. The Bertz CT molecular complexity index is 840. The molecular weight excluding hydrogens is 346 g/mol. The zero-order valence-electron chi connectivity index (χ0n) is 14.5. The molecule has 0 aliphatic heterocycles. The molecule has 2 aromatic rings. The van der Waals surface area contributed by atoms with Crippen molar-refractivity contribution >= 4 is 16.9 Å². The first-order chi connectivity index (χ1) is 12.0. The Kier molecular flexibility index (Phi) is 7.07. The molecule has 10 nitrogen and oxygen atoms in total. The summed E-state index contributed by atoms with van der Waals surface area (Å²) in [5, 5.41) is 44.7. The number of aryl methyl sites for hydroxylation is 2. The van der Waals surface area contributed by atoms with E-state index in [2.05, 4.69) is 4.98 Å². The van der Waals surface area contributed by atoms with Crippen molar-refractivity contribution in [2.45, 2.75) is 32.4 Å². The van der Waals surface area contributed by atoms with E-state index in [4.69, 9.17) is 21.1 Å². The summed E-state index contributed by atoms with van der Waals surface area (Å²) in [4.78, 5) is 26.1. The van der Waals surface area contributed by atoms with Gasteiger partial charge in [0.05, 0.1) is 36.4 Å². The van der Waals surface area contributed by atoms with Crippen molar-refractivity contribution < 1.29 is 30.3 Å². The minimum atomic E-state index is -1.04. The number of nitrogens with zero attached hydrogens (tertiary/aromatic N) is 2. The number of aliphatic hydroxyl groups is 2. The number of aliphatic carboxylic acids is 1. The van der Waals surface area contributed by atoms with Gasteiger partial charge in [0, 0.05) is 18.0 Å². The quantitative estimate of drug-likeness (QED) is 0.371. The van der Waals surface area contributed by atoms with Crippen molar-refractivity contribution in [1.29, 1.82) is 0 Å². The Morgan fingerprint density at radius 3 is 2.23 bits per heavy atom. The number of nitrogens with two attached hydrogens (primary N) is 1. The molecule has 10 heteroatoms. The number of aromatic hydroxyl groups is 2. The van der Waals surface area contributed by atoms with Gasteiger partial charge in [-0.3, -0.25) is 9.36 Å². The van der Waals surface area contributed by atoms with Crippen molar-refractivity contribution in [3.05, 3.63) is 28.3 Å². The molecule has 0 aliphatic carbocycles. The smallest absolute Gasteiger partial charge is 0.348 e. The maximum absolute atomic E-state index is 11.8. The number of phenols is 2. The topological polar surface area (TPSA) is 179 Å². The van der Waals surface area contributed by atoms with Crippen LogP contribution in [0.15, 0.2) is 16.9 Å². The number of hydrogen-bond donors (Lipinski definition) is 6. The average Bonchev–Trinajstić information content (AvgIpc) is 2.57. The first-order valence-corrected chi connectivity index (χ1v) is 7.68. The van der Waals surface area contributed by atoms with Crippen LogP contribution in [0.1, 0.15) is 19.0 Å². The second-order valence-electron chi connectivity index (χ2n) is 6.10. The van der Waals surface area contributed by atoms with E-state index in [0.717, 1.165) is 4.57 Å². The zero-order chi connectivity index (χ0) is 20.1. The summed E-state index contributed by atoms with van der Waals surface area (Å²) in [5.74, 6) is -1.73. The van der Waals surface area contributed by atoms with E-state index in [1.807, 2.05) is 0 Å². The van der Waals surface area contributed by atoms with Crippen LogP contribution in [0.3, 0.4) is 0 Å². The highest BCUT2D eigenvalue weighted by Gasteiger charge is 2.14. The minimum Gasteiger partial charge on any atom is -0.504 e. The summed E-state index contributed by atoms with van der Waals surface area (Å²) in [6, 6.07) is 2.52. The molecular formula is C16H23N3O7. The fraction of sp³-hybridized carbons (Fsp3) is 0.438. The second kappa shape index (κ2) is 8.61. The average molecular weight is 369 g/mol. The zero-order valence-corrected chi connectivity index (χ0v) is 14.5. The third-order valence-electron chi connectivity index (χ3n) is 3.54. The summed E-state index contributed by atoms with van der Waals surface area (Å²) in [6.07, 6.45) is -0.235. The summed E-state index contributed by atoms with van der Waals surface area (Å²) in [7, 11) is 0. The van der Waals surface area contributed by atoms with Crippen molar-refractivity contribution in [2.75, 3.05) is 13.2 Å². The Labute approximate surface area is 148 Å². The molecule has 0 atom stereocenters. The number of aromatic nitrogens is 2. The predicted molar refractivity (Wildman–Crippen MR) is 93.1 cm³/mol. The Balaban J connectivity index is 0.000000412. The number of phenolic OH excluding ortho intramolecular Hbond substituents is 2. The standard InChI is InChI=1S/C12H12N2O5.C4H11NO2/c1-6-7-4-9(15)10(16)5-8(7)14(12(19)13-6)3-2-11(17)18;1-4(5,2-6)3-7/h4-5,15-16H,2-3H2,1H3,(H,17,18);6-7H,2-3,5H2,1H3. The molecule has 0 radical (unpaired) electrons. The van der Waals surface area contributed by atoms with Gasteiger partial charge in [-0.1, -0.05) is 0 Å². The molecule has 26 heavy (non-hydrogen) atoms. The fourth-order valence-electron chi connectivity index (χ4n) is 1.92. The lowest BCUT2D eigenvalue weighted by Gasteiger charge is -2.16. The van der Waals surface area contributed by atoms with E-state index >= 15 is 0 Å². The van der Waals surface area contributed by atoms with Crippen molar-refractivity contribution in [3.63, 3.8) is 0 Å². The van der Waals surface area contributed by atoms with Crippen LogP contribution in [-0.4, -0.2) is 59.8 Å². The lowest BCUT2D eigenvalue weighted by Crippen LogP contribution is -2.43. The van der Waals surface area contributed by atoms with E-state index in [0.29, 0.717) is 16.6 Å². The molecule has 1 heterocycles. The summed E-state index contributed by atoms with van der Waals surface area (Å²) >= 11 is 0. The molecule has 144 valence electrons. The van der Waals surface area contributed by atoms with Gasteiger partial charge in [-0.2, -0.15) is 4.98 Å². The SMILES string of the molecule is CC(N)(CO)CO.Cc1nc(=O)n(CCC(=O)O)c2cc(O)c(O)cc12. The van der Waals surface area contributed by atoms with Crippen LogP contribution in [0, 0.1) is 6.92 Å². The van der Waals surface area contributed by atoms with Gasteiger partial charge < -0.3 is 31.3 Å². The van der Waals surface area contributed by atoms with Crippen LogP contribution < -0.4 is 11.4 Å². The number of aliphatic hydroxyl groups excluding tert-OH is 2. The van der Waals surface area contributed by atoms with Crippen molar-refractivity contribution in [3.8, 4) is 11.5 Å². The highest BCUT2D eigenvalue weighted by atomic mass is 16.4. The lowest BCUT2D eigenvalue weighted by molar-refractivity contribution is -0.137. The molecule has 0 unspecified atom stereocenters. The molecule has 7 N–H and O–H groups in total. The van der Waals surface area contributed by atoms with Crippen LogP contribution >= 0.6 is 0 Å². The van der Waals surface area contributed by atoms with Gasteiger partial charge in [0.2, 0.25) is 0 Å². The van der Waals surface area contributed by atoms with Gasteiger partial charge in [0.1, 0.15) is 0 Å². The number of benzene rings is 1. The molecule has 2 rings (SSSR count). The van der Waals surface area contributed by atoms with Crippen LogP contribution in [-0.2, 0) is 11.3 Å². The lowest BCUT2D eigenvalue weighted by atomic mass is 10.1. The first-order valence-electron chi connectivity index (χ1n) is 7.68.